The Balaban J connectivity index is 1.96. The predicted octanol–water partition coefficient (Wildman–Crippen LogP) is 2.42. The molecule has 166 valence electrons. The van der Waals surface area contributed by atoms with Gasteiger partial charge in [-0.2, -0.15) is 9.98 Å². The number of hydrogen-bond acceptors (Lipinski definition) is 8. The molecule has 1 aromatic carbocycles. The van der Waals surface area contributed by atoms with Crippen LogP contribution in [-0.4, -0.2) is 49.5 Å². The quantitative estimate of drug-likeness (QED) is 0.296. The summed E-state index contributed by atoms with van der Waals surface area (Å²) in [6.07, 6.45) is 2.73. The first-order valence-corrected chi connectivity index (χ1v) is 11.9. The summed E-state index contributed by atoms with van der Waals surface area (Å²) in [4.78, 5) is 12.8. The van der Waals surface area contributed by atoms with Crippen molar-refractivity contribution >= 4 is 51.4 Å². The molecule has 0 amide bonds. The Kier molecular flexibility index (Phi) is 6.98. The molecule has 0 spiro atoms. The minimum atomic E-state index is -3.98. The summed E-state index contributed by atoms with van der Waals surface area (Å²) in [5, 5.41) is 17.6. The second-order valence-electron chi connectivity index (χ2n) is 7.03. The summed E-state index contributed by atoms with van der Waals surface area (Å²) in [6, 6.07) is 6.06. The van der Waals surface area contributed by atoms with Gasteiger partial charge in [0, 0.05) is 11.8 Å². The molecule has 2 aromatic rings. The fourth-order valence-electron chi connectivity index (χ4n) is 2.64. The molecule has 3 rings (SSSR count). The van der Waals surface area contributed by atoms with Crippen molar-refractivity contribution in [2.45, 2.75) is 23.9 Å². The number of sulfonamides is 1. The van der Waals surface area contributed by atoms with Crippen LogP contribution in [0.3, 0.4) is 0 Å². The molecule has 13 heteroatoms. The van der Waals surface area contributed by atoms with Gasteiger partial charge in [0.1, 0.15) is 17.8 Å². The van der Waals surface area contributed by atoms with E-state index in [2.05, 4.69) is 20.3 Å². The van der Waals surface area contributed by atoms with Crippen molar-refractivity contribution in [3.63, 3.8) is 0 Å². The van der Waals surface area contributed by atoms with Crippen LogP contribution in [-0.2, 0) is 15.8 Å². The molecule has 1 aliphatic heterocycles. The molecular formula is C18H21ClFN6O3S2+. The maximum absolute atomic E-state index is 14.2. The molecule has 31 heavy (non-hydrogen) atoms. The Morgan fingerprint density at radius 1 is 1.39 bits per heavy atom. The van der Waals surface area contributed by atoms with E-state index in [1.165, 1.54) is 30.4 Å². The van der Waals surface area contributed by atoms with E-state index in [1.54, 1.807) is 32.2 Å². The van der Waals surface area contributed by atoms with Crippen LogP contribution in [0.25, 0.3) is 0 Å². The van der Waals surface area contributed by atoms with Crippen LogP contribution in [0.15, 0.2) is 45.6 Å². The third-order valence-corrected chi connectivity index (χ3v) is 6.32. The number of primary sulfonamides is 1. The largest absolute Gasteiger partial charge is 0.394 e. The van der Waals surface area contributed by atoms with Gasteiger partial charge in [0.05, 0.1) is 24.7 Å². The molecule has 2 heterocycles. The Labute approximate surface area is 188 Å². The number of quaternary nitrogens is 1. The lowest BCUT2D eigenvalue weighted by molar-refractivity contribution is 0.281. The van der Waals surface area contributed by atoms with Gasteiger partial charge < -0.3 is 10.4 Å². The van der Waals surface area contributed by atoms with E-state index < -0.39 is 15.8 Å². The number of halogens is 2. The molecule has 0 saturated heterocycles. The SMILES string of the molecule is C[C@H](CO)Nc1cc([N+]2(C)C=NC(S(N)(=O)=O)=C2)nc(SCc2cccc(Cl)c2F)n1. The van der Waals surface area contributed by atoms with Gasteiger partial charge in [-0.3, -0.25) is 0 Å². The van der Waals surface area contributed by atoms with Crippen molar-refractivity contribution in [2.75, 3.05) is 19.0 Å². The van der Waals surface area contributed by atoms with E-state index in [1.807, 2.05) is 0 Å². The zero-order valence-corrected chi connectivity index (χ0v) is 19.0. The fourth-order valence-corrected chi connectivity index (χ4v) is 4.23. The Bertz CT molecular complexity index is 1160. The molecule has 0 radical (unpaired) electrons. The van der Waals surface area contributed by atoms with Crippen molar-refractivity contribution in [3.05, 3.63) is 51.9 Å². The minimum Gasteiger partial charge on any atom is -0.394 e. The molecule has 4 N–H and O–H groups in total. The first kappa shape index (κ1) is 23.6. The van der Waals surface area contributed by atoms with Crippen LogP contribution >= 0.6 is 23.4 Å². The number of aromatic nitrogens is 2. The van der Waals surface area contributed by atoms with E-state index in [9.17, 15) is 17.9 Å². The van der Waals surface area contributed by atoms with E-state index in [-0.39, 0.29) is 32.9 Å². The molecule has 0 bridgehead atoms. The van der Waals surface area contributed by atoms with Gasteiger partial charge in [0.25, 0.3) is 10.0 Å². The average molecular weight is 488 g/mol. The van der Waals surface area contributed by atoms with Crippen molar-refractivity contribution in [3.8, 4) is 0 Å². The molecular weight excluding hydrogens is 467 g/mol. The molecule has 1 aliphatic rings. The highest BCUT2D eigenvalue weighted by molar-refractivity contribution is 7.98. The van der Waals surface area contributed by atoms with E-state index in [0.29, 0.717) is 22.4 Å². The predicted molar refractivity (Wildman–Crippen MR) is 121 cm³/mol. The van der Waals surface area contributed by atoms with Crippen LogP contribution in [0.4, 0.5) is 16.0 Å². The van der Waals surface area contributed by atoms with Gasteiger partial charge in [-0.15, -0.1) is 0 Å². The van der Waals surface area contributed by atoms with Gasteiger partial charge >= 0.3 is 0 Å². The van der Waals surface area contributed by atoms with Gasteiger partial charge in [-0.25, -0.2) is 27.4 Å². The van der Waals surface area contributed by atoms with Gasteiger partial charge in [0.15, 0.2) is 5.16 Å². The molecule has 1 aromatic heterocycles. The molecule has 0 fully saturated rings. The second kappa shape index (κ2) is 9.18. The topological polar surface area (TPSA) is 131 Å². The average Bonchev–Trinajstić information content (AvgIpc) is 3.13. The Morgan fingerprint density at radius 3 is 2.77 bits per heavy atom. The summed E-state index contributed by atoms with van der Waals surface area (Å²) >= 11 is 7.02. The van der Waals surface area contributed by atoms with Crippen molar-refractivity contribution < 1.29 is 17.9 Å². The number of nitrogens with one attached hydrogen (secondary N) is 1. The Morgan fingerprint density at radius 2 is 2.13 bits per heavy atom. The van der Waals surface area contributed by atoms with Crippen LogP contribution < -0.4 is 14.9 Å². The summed E-state index contributed by atoms with van der Waals surface area (Å²) in [5.74, 6) is 0.525. The summed E-state index contributed by atoms with van der Waals surface area (Å²) in [6.45, 7) is 1.64. The summed E-state index contributed by atoms with van der Waals surface area (Å²) in [7, 11) is -2.31. The monoisotopic (exact) mass is 487 g/mol. The number of aliphatic hydroxyl groups is 1. The number of nitrogens with zero attached hydrogens (tertiary/aromatic N) is 4. The van der Waals surface area contributed by atoms with Crippen LogP contribution in [0.5, 0.6) is 0 Å². The first-order valence-electron chi connectivity index (χ1n) is 9.01. The standard InChI is InChI=1S/C18H21ClFN6O3S2/c1-11(8-27)23-14-6-15(26(2)7-16(22-10-26)31(21,28)29)25-18(24-14)30-9-12-4-3-5-13(19)17(12)20/h3-7,10-11,27H,8-9H2,1-2H3,(H2,21,28,29)(H,23,24,25)/q+1/t11-,26?/m1/s1. The maximum atomic E-state index is 14.2. The highest BCUT2D eigenvalue weighted by atomic mass is 35.5. The number of rotatable bonds is 8. The van der Waals surface area contributed by atoms with Crippen LogP contribution in [0, 0.1) is 5.82 Å². The van der Waals surface area contributed by atoms with E-state index in [0.717, 1.165) is 0 Å². The fraction of sp³-hybridized carbons (Fsp3) is 0.278. The van der Waals surface area contributed by atoms with Crippen molar-refractivity contribution in [2.24, 2.45) is 10.1 Å². The lowest BCUT2D eigenvalue weighted by Gasteiger charge is -2.21. The highest BCUT2D eigenvalue weighted by Crippen LogP contribution is 2.31. The molecule has 9 nitrogen and oxygen atoms in total. The highest BCUT2D eigenvalue weighted by Gasteiger charge is 2.34. The van der Waals surface area contributed by atoms with Crippen LogP contribution in [0.1, 0.15) is 12.5 Å². The van der Waals surface area contributed by atoms with Crippen molar-refractivity contribution in [1.82, 2.24) is 14.5 Å². The number of aliphatic imine (C=N–C) groups is 1. The summed E-state index contributed by atoms with van der Waals surface area (Å²) < 4.78 is 37.4. The Hall–Kier alpha value is -2.09. The molecule has 0 saturated carbocycles. The first-order chi connectivity index (χ1) is 14.5. The minimum absolute atomic E-state index is 0.0268. The zero-order valence-electron chi connectivity index (χ0n) is 16.7. The van der Waals surface area contributed by atoms with Crippen LogP contribution in [0.2, 0.25) is 5.02 Å². The number of hydrogen-bond donors (Lipinski definition) is 3. The van der Waals surface area contributed by atoms with E-state index in [4.69, 9.17) is 16.7 Å². The van der Waals surface area contributed by atoms with E-state index >= 15 is 0 Å². The van der Waals surface area contributed by atoms with Gasteiger partial charge in [-0.05, 0) is 18.6 Å². The molecule has 0 aliphatic carbocycles. The van der Waals surface area contributed by atoms with Gasteiger partial charge in [-0.1, -0.05) is 35.5 Å². The zero-order chi connectivity index (χ0) is 22.8. The van der Waals surface area contributed by atoms with Crippen molar-refractivity contribution in [1.29, 1.82) is 0 Å². The third kappa shape index (κ3) is 5.59. The number of anilines is 1. The summed E-state index contributed by atoms with van der Waals surface area (Å²) in [5.41, 5.74) is 0.393. The lowest BCUT2D eigenvalue weighted by Crippen LogP contribution is -2.37. The maximum Gasteiger partial charge on any atom is 0.261 e. The molecule has 2 atom stereocenters. The number of nitrogens with two attached hydrogens (primary N) is 1. The number of thioether (sulfide) groups is 1. The third-order valence-electron chi connectivity index (χ3n) is 4.34. The second-order valence-corrected chi connectivity index (χ2v) is 9.89. The number of aliphatic hydroxyl groups excluding tert-OH is 1. The van der Waals surface area contributed by atoms with Gasteiger partial charge in [0.2, 0.25) is 17.2 Å². The smallest absolute Gasteiger partial charge is 0.261 e. The lowest BCUT2D eigenvalue weighted by atomic mass is 10.2. The molecule has 1 unspecified atom stereocenters. The number of benzene rings is 1. The normalized spacial score (nSPS) is 19.4.